The van der Waals surface area contributed by atoms with Crippen LogP contribution in [0.3, 0.4) is 0 Å². The molecule has 0 amide bonds. The molecule has 0 saturated heterocycles. The minimum absolute atomic E-state index is 0.593. The number of hydrogen-bond acceptors (Lipinski definition) is 2. The highest BCUT2D eigenvalue weighted by molar-refractivity contribution is 6.30. The van der Waals surface area contributed by atoms with Crippen LogP contribution in [0, 0.1) is 6.92 Å². The van der Waals surface area contributed by atoms with Crippen LogP contribution >= 0.6 is 11.6 Å². The summed E-state index contributed by atoms with van der Waals surface area (Å²) in [6.45, 7) is 3.48. The zero-order valence-corrected chi connectivity index (χ0v) is 8.80. The number of aliphatic carboxylic acids is 1. The number of rotatable bonds is 3. The number of nitrogens with one attached hydrogen (secondary N) is 1. The molecule has 1 aromatic rings. The molecule has 1 rings (SSSR count). The highest BCUT2D eigenvalue weighted by atomic mass is 35.5. The SMILES string of the molecule is Cc1ccc(Cl)cc1N[C@H](C)C(=O)O. The second kappa shape index (κ2) is 4.33. The van der Waals surface area contributed by atoms with Crippen molar-refractivity contribution in [1.29, 1.82) is 0 Å². The molecule has 3 nitrogen and oxygen atoms in total. The lowest BCUT2D eigenvalue weighted by molar-refractivity contribution is -0.137. The molecule has 0 unspecified atom stereocenters. The lowest BCUT2D eigenvalue weighted by Gasteiger charge is -2.13. The second-order valence-corrected chi connectivity index (χ2v) is 3.60. The van der Waals surface area contributed by atoms with Gasteiger partial charge in [0.1, 0.15) is 6.04 Å². The number of aryl methyl sites for hydroxylation is 1. The van der Waals surface area contributed by atoms with Crippen molar-refractivity contribution in [2.24, 2.45) is 0 Å². The Balaban J connectivity index is 2.85. The summed E-state index contributed by atoms with van der Waals surface area (Å²) < 4.78 is 0. The third kappa shape index (κ3) is 2.64. The molecule has 0 spiro atoms. The van der Waals surface area contributed by atoms with Gasteiger partial charge in [-0.1, -0.05) is 17.7 Å². The molecule has 2 N–H and O–H groups in total. The number of anilines is 1. The Bertz CT molecular complexity index is 352. The van der Waals surface area contributed by atoms with E-state index in [1.54, 1.807) is 19.1 Å². The number of carboxylic acid groups (broad SMARTS) is 1. The molecular weight excluding hydrogens is 202 g/mol. The number of benzene rings is 1. The predicted molar refractivity (Wildman–Crippen MR) is 56.9 cm³/mol. The lowest BCUT2D eigenvalue weighted by atomic mass is 10.2. The fourth-order valence-corrected chi connectivity index (χ4v) is 1.22. The molecule has 0 heterocycles. The molecule has 0 aliphatic rings. The van der Waals surface area contributed by atoms with Gasteiger partial charge in [0, 0.05) is 10.7 Å². The van der Waals surface area contributed by atoms with Crippen LogP contribution in [0.5, 0.6) is 0 Å². The summed E-state index contributed by atoms with van der Waals surface area (Å²) in [5.41, 5.74) is 1.73. The first kappa shape index (κ1) is 10.9. The Labute approximate surface area is 87.7 Å². The van der Waals surface area contributed by atoms with E-state index >= 15 is 0 Å². The molecule has 0 fully saturated rings. The highest BCUT2D eigenvalue weighted by Gasteiger charge is 2.11. The second-order valence-electron chi connectivity index (χ2n) is 3.16. The minimum Gasteiger partial charge on any atom is -0.480 e. The Kier molecular flexibility index (Phi) is 3.36. The zero-order chi connectivity index (χ0) is 10.7. The molecule has 0 aliphatic carbocycles. The van der Waals surface area contributed by atoms with E-state index in [1.165, 1.54) is 0 Å². The monoisotopic (exact) mass is 213 g/mol. The molecule has 4 heteroatoms. The molecule has 1 aromatic carbocycles. The average molecular weight is 214 g/mol. The van der Waals surface area contributed by atoms with Crippen molar-refractivity contribution >= 4 is 23.3 Å². The zero-order valence-electron chi connectivity index (χ0n) is 8.04. The number of halogens is 1. The maximum Gasteiger partial charge on any atom is 0.325 e. The summed E-state index contributed by atoms with van der Waals surface area (Å²) in [5, 5.41) is 12.2. The molecule has 0 bridgehead atoms. The Hall–Kier alpha value is -1.22. The molecular formula is C10H12ClNO2. The molecule has 0 radical (unpaired) electrons. The van der Waals surface area contributed by atoms with Gasteiger partial charge < -0.3 is 10.4 Å². The summed E-state index contributed by atoms with van der Waals surface area (Å²) in [7, 11) is 0. The van der Waals surface area contributed by atoms with Crippen molar-refractivity contribution in [2.45, 2.75) is 19.9 Å². The van der Waals surface area contributed by atoms with Crippen molar-refractivity contribution in [2.75, 3.05) is 5.32 Å². The number of carboxylic acids is 1. The van der Waals surface area contributed by atoms with Crippen LogP contribution in [0.2, 0.25) is 5.02 Å². The van der Waals surface area contributed by atoms with Crippen molar-refractivity contribution < 1.29 is 9.90 Å². The molecule has 0 saturated carbocycles. The smallest absolute Gasteiger partial charge is 0.325 e. The van der Waals surface area contributed by atoms with Gasteiger partial charge in [-0.3, -0.25) is 4.79 Å². The molecule has 76 valence electrons. The van der Waals surface area contributed by atoms with Crippen LogP contribution in [0.1, 0.15) is 12.5 Å². The highest BCUT2D eigenvalue weighted by Crippen LogP contribution is 2.20. The van der Waals surface area contributed by atoms with E-state index in [-0.39, 0.29) is 0 Å². The first-order chi connectivity index (χ1) is 6.50. The van der Waals surface area contributed by atoms with Gasteiger partial charge in [-0.2, -0.15) is 0 Å². The van der Waals surface area contributed by atoms with E-state index < -0.39 is 12.0 Å². The van der Waals surface area contributed by atoms with E-state index in [0.717, 1.165) is 11.3 Å². The van der Waals surface area contributed by atoms with Gasteiger partial charge in [-0.15, -0.1) is 0 Å². The Morgan fingerprint density at radius 3 is 2.79 bits per heavy atom. The minimum atomic E-state index is -0.885. The summed E-state index contributed by atoms with van der Waals surface area (Å²) in [4.78, 5) is 10.6. The standard InChI is InChI=1S/C10H12ClNO2/c1-6-3-4-8(11)5-9(6)12-7(2)10(13)14/h3-5,7,12H,1-2H3,(H,13,14)/t7-/m1/s1. The summed E-state index contributed by atoms with van der Waals surface area (Å²) in [6, 6.07) is 4.72. The average Bonchev–Trinajstić information content (AvgIpc) is 2.11. The van der Waals surface area contributed by atoms with Crippen LogP contribution in [0.25, 0.3) is 0 Å². The summed E-state index contributed by atoms with van der Waals surface area (Å²) >= 11 is 5.79. The first-order valence-electron chi connectivity index (χ1n) is 4.26. The quantitative estimate of drug-likeness (QED) is 0.811. The van der Waals surface area contributed by atoms with Gasteiger partial charge in [0.15, 0.2) is 0 Å². The van der Waals surface area contributed by atoms with Crippen molar-refractivity contribution in [3.8, 4) is 0 Å². The fraction of sp³-hybridized carbons (Fsp3) is 0.300. The van der Waals surface area contributed by atoms with Crippen molar-refractivity contribution in [3.05, 3.63) is 28.8 Å². The van der Waals surface area contributed by atoms with E-state index in [0.29, 0.717) is 5.02 Å². The van der Waals surface area contributed by atoms with Gasteiger partial charge >= 0.3 is 5.97 Å². The van der Waals surface area contributed by atoms with Crippen molar-refractivity contribution in [1.82, 2.24) is 0 Å². The number of hydrogen-bond donors (Lipinski definition) is 2. The van der Waals surface area contributed by atoms with Crippen molar-refractivity contribution in [3.63, 3.8) is 0 Å². The Morgan fingerprint density at radius 2 is 2.21 bits per heavy atom. The maximum absolute atomic E-state index is 10.6. The molecule has 0 aliphatic heterocycles. The largest absolute Gasteiger partial charge is 0.480 e. The molecule has 1 atom stereocenters. The van der Waals surface area contributed by atoms with Crippen LogP contribution in [-0.2, 0) is 4.79 Å². The number of carbonyl (C=O) groups is 1. The van der Waals surface area contributed by atoms with Crippen LogP contribution in [0.15, 0.2) is 18.2 Å². The normalized spacial score (nSPS) is 12.2. The van der Waals surface area contributed by atoms with E-state index in [2.05, 4.69) is 5.32 Å². The van der Waals surface area contributed by atoms with Gasteiger partial charge in [-0.05, 0) is 31.5 Å². The Morgan fingerprint density at radius 1 is 1.57 bits per heavy atom. The predicted octanol–water partition coefficient (Wildman–Crippen LogP) is 2.53. The lowest BCUT2D eigenvalue weighted by Crippen LogP contribution is -2.25. The molecule has 0 aromatic heterocycles. The summed E-state index contributed by atoms with van der Waals surface area (Å²) in [6.07, 6.45) is 0. The third-order valence-electron chi connectivity index (χ3n) is 1.94. The van der Waals surface area contributed by atoms with Gasteiger partial charge in [-0.25, -0.2) is 0 Å². The van der Waals surface area contributed by atoms with Gasteiger partial charge in [0.25, 0.3) is 0 Å². The third-order valence-corrected chi connectivity index (χ3v) is 2.18. The molecule has 14 heavy (non-hydrogen) atoms. The van der Waals surface area contributed by atoms with Crippen LogP contribution in [0.4, 0.5) is 5.69 Å². The van der Waals surface area contributed by atoms with Gasteiger partial charge in [0.2, 0.25) is 0 Å². The van der Waals surface area contributed by atoms with E-state index in [4.69, 9.17) is 16.7 Å². The summed E-state index contributed by atoms with van der Waals surface area (Å²) in [5.74, 6) is -0.885. The maximum atomic E-state index is 10.6. The van der Waals surface area contributed by atoms with Gasteiger partial charge in [0.05, 0.1) is 0 Å². The van der Waals surface area contributed by atoms with Crippen LogP contribution < -0.4 is 5.32 Å². The van der Waals surface area contributed by atoms with E-state index in [1.807, 2.05) is 13.0 Å². The first-order valence-corrected chi connectivity index (χ1v) is 4.64. The van der Waals surface area contributed by atoms with Crippen LogP contribution in [-0.4, -0.2) is 17.1 Å². The fourth-order valence-electron chi connectivity index (χ4n) is 1.04. The topological polar surface area (TPSA) is 49.3 Å². The van der Waals surface area contributed by atoms with E-state index in [9.17, 15) is 4.79 Å².